The number of nitrogens with zero attached hydrogens (tertiary/aromatic N) is 2. The van der Waals surface area contributed by atoms with E-state index in [0.717, 1.165) is 40.0 Å². The van der Waals surface area contributed by atoms with Crippen molar-refractivity contribution >= 4 is 43.5 Å². The summed E-state index contributed by atoms with van der Waals surface area (Å²) in [6.07, 6.45) is 4.33. The Labute approximate surface area is 250 Å². The number of carbonyl (C=O) groups excluding carboxylic acids is 2. The van der Waals surface area contributed by atoms with Gasteiger partial charge in [0.2, 0.25) is 11.8 Å². The molecule has 1 aliphatic carbocycles. The molecule has 3 aromatic rings. The SMILES string of the molecule is CC[C@H](C(=O)NC1CCCC1)N(Cc1cccc(OC)c1)C(=O)CN(c1ccc(Br)cc1)S(=O)(=O)c1ccccc1. The highest BCUT2D eigenvalue weighted by Crippen LogP contribution is 2.27. The molecule has 0 heterocycles. The molecule has 1 N–H and O–H groups in total. The van der Waals surface area contributed by atoms with E-state index < -0.39 is 28.5 Å². The second-order valence-corrected chi connectivity index (χ2v) is 12.9. The lowest BCUT2D eigenvalue weighted by Crippen LogP contribution is -2.53. The van der Waals surface area contributed by atoms with Crippen LogP contribution in [0.2, 0.25) is 0 Å². The number of nitrogens with one attached hydrogen (secondary N) is 1. The van der Waals surface area contributed by atoms with Crippen LogP contribution in [0.25, 0.3) is 0 Å². The summed E-state index contributed by atoms with van der Waals surface area (Å²) in [7, 11) is -2.53. The number of methoxy groups -OCH3 is 1. The van der Waals surface area contributed by atoms with Gasteiger partial charge in [-0.15, -0.1) is 0 Å². The summed E-state index contributed by atoms with van der Waals surface area (Å²) < 4.78 is 35.0. The van der Waals surface area contributed by atoms with Crippen molar-refractivity contribution in [1.82, 2.24) is 10.2 Å². The zero-order chi connectivity index (χ0) is 29.4. The number of sulfonamides is 1. The van der Waals surface area contributed by atoms with Gasteiger partial charge >= 0.3 is 0 Å². The molecule has 0 unspecified atom stereocenters. The van der Waals surface area contributed by atoms with Gasteiger partial charge in [0, 0.05) is 17.1 Å². The molecule has 10 heteroatoms. The molecule has 0 spiro atoms. The third-order valence-electron chi connectivity index (χ3n) is 7.30. The van der Waals surface area contributed by atoms with Crippen LogP contribution >= 0.6 is 15.9 Å². The van der Waals surface area contributed by atoms with Crippen LogP contribution in [0.1, 0.15) is 44.6 Å². The molecule has 2 amide bonds. The zero-order valence-corrected chi connectivity index (χ0v) is 25.7. The third kappa shape index (κ3) is 7.68. The van der Waals surface area contributed by atoms with E-state index in [0.29, 0.717) is 17.9 Å². The van der Waals surface area contributed by atoms with E-state index in [1.54, 1.807) is 49.6 Å². The molecule has 3 aromatic carbocycles. The van der Waals surface area contributed by atoms with Crippen molar-refractivity contribution < 1.29 is 22.7 Å². The molecule has 1 aliphatic rings. The first kappa shape index (κ1) is 30.6. The quantitative estimate of drug-likeness (QED) is 0.281. The van der Waals surface area contributed by atoms with Crippen LogP contribution in [0.4, 0.5) is 5.69 Å². The molecule has 41 heavy (non-hydrogen) atoms. The Morgan fingerprint density at radius 2 is 1.68 bits per heavy atom. The van der Waals surface area contributed by atoms with Gasteiger partial charge in [0.15, 0.2) is 0 Å². The number of halogens is 1. The van der Waals surface area contributed by atoms with Crippen molar-refractivity contribution in [2.24, 2.45) is 0 Å². The van der Waals surface area contributed by atoms with Crippen LogP contribution in [0.15, 0.2) is 88.2 Å². The highest BCUT2D eigenvalue weighted by atomic mass is 79.9. The molecule has 4 rings (SSSR count). The molecule has 1 atom stereocenters. The largest absolute Gasteiger partial charge is 0.497 e. The zero-order valence-electron chi connectivity index (χ0n) is 23.3. The predicted octanol–water partition coefficient (Wildman–Crippen LogP) is 5.52. The Hall–Kier alpha value is -3.37. The summed E-state index contributed by atoms with van der Waals surface area (Å²) in [5, 5.41) is 3.13. The molecular weight excluding hydrogens is 606 g/mol. The van der Waals surface area contributed by atoms with Crippen molar-refractivity contribution in [2.75, 3.05) is 18.0 Å². The van der Waals surface area contributed by atoms with Crippen LogP contribution in [-0.4, -0.2) is 50.9 Å². The fraction of sp³-hybridized carbons (Fsp3) is 0.355. The van der Waals surface area contributed by atoms with Gasteiger partial charge < -0.3 is 15.0 Å². The van der Waals surface area contributed by atoms with E-state index in [1.165, 1.54) is 17.0 Å². The Kier molecular flexibility index (Phi) is 10.4. The van der Waals surface area contributed by atoms with Crippen LogP contribution in [0, 0.1) is 0 Å². The minimum atomic E-state index is -4.10. The monoisotopic (exact) mass is 641 g/mol. The first-order chi connectivity index (χ1) is 19.7. The minimum Gasteiger partial charge on any atom is -0.497 e. The lowest BCUT2D eigenvalue weighted by Gasteiger charge is -2.33. The maximum absolute atomic E-state index is 14.2. The average Bonchev–Trinajstić information content (AvgIpc) is 3.49. The first-order valence-electron chi connectivity index (χ1n) is 13.8. The molecule has 0 aromatic heterocycles. The maximum atomic E-state index is 14.2. The summed E-state index contributed by atoms with van der Waals surface area (Å²) in [4.78, 5) is 29.3. The van der Waals surface area contributed by atoms with Gasteiger partial charge in [0.05, 0.1) is 17.7 Å². The van der Waals surface area contributed by atoms with Crippen LogP contribution < -0.4 is 14.4 Å². The molecule has 8 nitrogen and oxygen atoms in total. The fourth-order valence-electron chi connectivity index (χ4n) is 5.11. The number of benzene rings is 3. The van der Waals surface area contributed by atoms with Gasteiger partial charge in [-0.2, -0.15) is 0 Å². The number of anilines is 1. The van der Waals surface area contributed by atoms with E-state index in [4.69, 9.17) is 4.74 Å². The van der Waals surface area contributed by atoms with E-state index in [1.807, 2.05) is 31.2 Å². The Balaban J connectivity index is 1.71. The fourth-order valence-corrected chi connectivity index (χ4v) is 6.81. The molecular formula is C31H36BrN3O5S. The molecule has 1 fully saturated rings. The molecule has 0 radical (unpaired) electrons. The summed E-state index contributed by atoms with van der Waals surface area (Å²) in [5.41, 5.74) is 1.11. The first-order valence-corrected chi connectivity index (χ1v) is 16.0. The number of amides is 2. The Bertz CT molecular complexity index is 1430. The number of hydrogen-bond donors (Lipinski definition) is 1. The van der Waals surface area contributed by atoms with Gasteiger partial charge in [-0.05, 0) is 73.4 Å². The molecule has 1 saturated carbocycles. The summed E-state index contributed by atoms with van der Waals surface area (Å²) >= 11 is 3.40. The van der Waals surface area contributed by atoms with Crippen molar-refractivity contribution in [3.05, 3.63) is 88.9 Å². The highest BCUT2D eigenvalue weighted by molar-refractivity contribution is 9.10. The van der Waals surface area contributed by atoms with Crippen LogP contribution in [-0.2, 0) is 26.2 Å². The normalized spacial score (nSPS) is 14.3. The van der Waals surface area contributed by atoms with Gasteiger partial charge in [0.1, 0.15) is 18.3 Å². The maximum Gasteiger partial charge on any atom is 0.264 e. The number of hydrogen-bond acceptors (Lipinski definition) is 5. The standard InChI is InChI=1S/C31H36BrN3O5S/c1-3-29(31(37)33-25-11-7-8-12-25)34(21-23-10-9-13-27(20-23)40-2)30(36)22-35(26-18-16-24(32)17-19-26)41(38,39)28-14-5-4-6-15-28/h4-6,9-10,13-20,25,29H,3,7-8,11-12,21-22H2,1-2H3,(H,33,37)/t29-/m1/s1. The van der Waals surface area contributed by atoms with E-state index in [2.05, 4.69) is 21.2 Å². The second kappa shape index (κ2) is 14.0. The Morgan fingerprint density at radius 1 is 1.00 bits per heavy atom. The van der Waals surface area contributed by atoms with Crippen molar-refractivity contribution in [2.45, 2.75) is 62.6 Å². The van der Waals surface area contributed by atoms with Crippen molar-refractivity contribution in [1.29, 1.82) is 0 Å². The smallest absolute Gasteiger partial charge is 0.264 e. The molecule has 0 bridgehead atoms. The summed E-state index contributed by atoms with van der Waals surface area (Å²) in [6, 6.07) is 21.4. The average molecular weight is 643 g/mol. The lowest BCUT2D eigenvalue weighted by molar-refractivity contribution is -0.140. The van der Waals surface area contributed by atoms with E-state index in [9.17, 15) is 18.0 Å². The lowest BCUT2D eigenvalue weighted by atomic mass is 10.1. The summed E-state index contributed by atoms with van der Waals surface area (Å²) in [5.74, 6) is -0.0816. The van der Waals surface area contributed by atoms with E-state index in [-0.39, 0.29) is 23.4 Å². The van der Waals surface area contributed by atoms with Crippen LogP contribution in [0.5, 0.6) is 5.75 Å². The van der Waals surface area contributed by atoms with Crippen molar-refractivity contribution in [3.63, 3.8) is 0 Å². The van der Waals surface area contributed by atoms with Gasteiger partial charge in [-0.25, -0.2) is 8.42 Å². The summed E-state index contributed by atoms with van der Waals surface area (Å²) in [6.45, 7) is 1.50. The molecule has 218 valence electrons. The van der Waals surface area contributed by atoms with Gasteiger partial charge in [0.25, 0.3) is 10.0 Å². The second-order valence-electron chi connectivity index (χ2n) is 10.1. The Morgan fingerprint density at radius 3 is 2.32 bits per heavy atom. The topological polar surface area (TPSA) is 96.0 Å². The number of rotatable bonds is 12. The number of carbonyl (C=O) groups is 2. The highest BCUT2D eigenvalue weighted by Gasteiger charge is 2.34. The van der Waals surface area contributed by atoms with Gasteiger partial charge in [-0.1, -0.05) is 66.0 Å². The van der Waals surface area contributed by atoms with Gasteiger partial charge in [-0.3, -0.25) is 13.9 Å². The van der Waals surface area contributed by atoms with E-state index >= 15 is 0 Å². The predicted molar refractivity (Wildman–Crippen MR) is 163 cm³/mol. The van der Waals surface area contributed by atoms with Crippen molar-refractivity contribution in [3.8, 4) is 5.75 Å². The molecule has 0 aliphatic heterocycles. The third-order valence-corrected chi connectivity index (χ3v) is 9.62. The number of ether oxygens (including phenoxy) is 1. The molecule has 0 saturated heterocycles. The minimum absolute atomic E-state index is 0.0704. The van der Waals surface area contributed by atoms with Crippen LogP contribution in [0.3, 0.4) is 0 Å².